The maximum Gasteiger partial charge on any atom is 0.469 e. The first-order chi connectivity index (χ1) is 9.41. The summed E-state index contributed by atoms with van der Waals surface area (Å²) in [5.74, 6) is 0. The van der Waals surface area contributed by atoms with E-state index in [0.29, 0.717) is 13.2 Å². The third kappa shape index (κ3) is 19.8. The van der Waals surface area contributed by atoms with E-state index in [4.69, 9.17) is 24.4 Å². The van der Waals surface area contributed by atoms with Crippen molar-refractivity contribution in [3.05, 3.63) is 25.3 Å². The highest BCUT2D eigenvalue weighted by Crippen LogP contribution is 2.35. The summed E-state index contributed by atoms with van der Waals surface area (Å²) >= 11 is 0. The zero-order chi connectivity index (χ0) is 15.9. The van der Waals surface area contributed by atoms with Crippen molar-refractivity contribution < 1.29 is 33.5 Å². The van der Waals surface area contributed by atoms with E-state index in [1.54, 1.807) is 6.08 Å². The molecule has 0 radical (unpaired) electrons. The van der Waals surface area contributed by atoms with Crippen molar-refractivity contribution in [3.63, 3.8) is 0 Å². The molecule has 3 N–H and O–H groups in total. The smallest absolute Gasteiger partial charge is 0.396 e. The van der Waals surface area contributed by atoms with Crippen molar-refractivity contribution in [1.82, 2.24) is 0 Å². The van der Waals surface area contributed by atoms with Crippen LogP contribution in [0.2, 0.25) is 0 Å². The summed E-state index contributed by atoms with van der Waals surface area (Å²) in [6.07, 6.45) is 3.41. The van der Waals surface area contributed by atoms with E-state index in [1.807, 2.05) is 6.92 Å². The number of phosphoric ester groups is 1. The Balaban J connectivity index is 0. The van der Waals surface area contributed by atoms with Crippen LogP contribution >= 0.6 is 7.82 Å². The Morgan fingerprint density at radius 1 is 1.20 bits per heavy atom. The molecule has 0 aromatic rings. The van der Waals surface area contributed by atoms with Gasteiger partial charge in [-0.1, -0.05) is 19.1 Å². The van der Waals surface area contributed by atoms with Gasteiger partial charge in [0.25, 0.3) is 0 Å². The van der Waals surface area contributed by atoms with Gasteiger partial charge in [0.05, 0.1) is 26.4 Å². The molecule has 0 heterocycles. The van der Waals surface area contributed by atoms with E-state index in [-0.39, 0.29) is 19.8 Å². The second kappa shape index (κ2) is 14.9. The lowest BCUT2D eigenvalue weighted by molar-refractivity contribution is -0.0263. The Kier molecular flexibility index (Phi) is 16.2. The first-order valence-corrected chi connectivity index (χ1v) is 7.66. The van der Waals surface area contributed by atoms with Crippen LogP contribution in [0.4, 0.5) is 0 Å². The Labute approximate surface area is 120 Å². The average Bonchev–Trinajstić information content (AvgIpc) is 2.40. The van der Waals surface area contributed by atoms with Crippen LogP contribution in [0, 0.1) is 0 Å². The number of aliphatic hydroxyl groups excluding tert-OH is 1. The maximum atomic E-state index is 10.5. The first-order valence-electron chi connectivity index (χ1n) is 6.13. The molecule has 1 unspecified atom stereocenters. The fourth-order valence-corrected chi connectivity index (χ4v) is 1.17. The Hall–Kier alpha value is -0.530. The second-order valence-electron chi connectivity index (χ2n) is 3.58. The number of ether oxygens (including phenoxy) is 2. The fourth-order valence-electron chi connectivity index (χ4n) is 0.812. The van der Waals surface area contributed by atoms with Gasteiger partial charge < -0.3 is 24.4 Å². The maximum absolute atomic E-state index is 10.5. The highest BCUT2D eigenvalue weighted by Gasteiger charge is 2.18. The third-order valence-corrected chi connectivity index (χ3v) is 2.13. The van der Waals surface area contributed by atoms with E-state index in [9.17, 15) is 4.57 Å². The molecule has 0 aromatic carbocycles. The summed E-state index contributed by atoms with van der Waals surface area (Å²) in [5, 5.41) is 7.88. The Morgan fingerprint density at radius 3 is 2.15 bits per heavy atom. The Bertz CT molecular complexity index is 275. The number of hydrogen-bond donors (Lipinski definition) is 3. The Morgan fingerprint density at radius 2 is 1.75 bits per heavy atom. The molecule has 1 atom stereocenters. The van der Waals surface area contributed by atoms with Crippen molar-refractivity contribution in [2.24, 2.45) is 0 Å². The molecule has 120 valence electrons. The highest BCUT2D eigenvalue weighted by molar-refractivity contribution is 7.46. The van der Waals surface area contributed by atoms with Gasteiger partial charge in [0.15, 0.2) is 0 Å². The summed E-state index contributed by atoms with van der Waals surface area (Å²) in [6, 6.07) is 0. The van der Waals surface area contributed by atoms with Crippen LogP contribution in [0.15, 0.2) is 25.3 Å². The lowest BCUT2D eigenvalue weighted by atomic mass is 10.4. The van der Waals surface area contributed by atoms with E-state index in [2.05, 4.69) is 17.7 Å². The van der Waals surface area contributed by atoms with Crippen molar-refractivity contribution in [2.75, 3.05) is 33.0 Å². The SMILES string of the molecule is C=CCOCC(COP(=O)(O)O)OCC=C.CCCO. The summed E-state index contributed by atoms with van der Waals surface area (Å²) in [5.41, 5.74) is 0. The summed E-state index contributed by atoms with van der Waals surface area (Å²) in [7, 11) is -4.47. The quantitative estimate of drug-likeness (QED) is 0.299. The summed E-state index contributed by atoms with van der Waals surface area (Å²) < 4.78 is 25.1. The number of hydrogen-bond acceptors (Lipinski definition) is 5. The molecule has 0 aliphatic carbocycles. The zero-order valence-corrected chi connectivity index (χ0v) is 12.7. The molecule has 0 amide bonds. The number of phosphoric acid groups is 1. The van der Waals surface area contributed by atoms with E-state index >= 15 is 0 Å². The molecule has 0 aliphatic rings. The minimum absolute atomic E-state index is 0.167. The molecule has 0 saturated carbocycles. The molecule has 0 rings (SSSR count). The van der Waals surface area contributed by atoms with Crippen molar-refractivity contribution in [2.45, 2.75) is 19.4 Å². The molecular formula is C12H25O7P. The van der Waals surface area contributed by atoms with Gasteiger partial charge in [-0.05, 0) is 6.42 Å². The fraction of sp³-hybridized carbons (Fsp3) is 0.667. The molecular weight excluding hydrogens is 287 g/mol. The highest BCUT2D eigenvalue weighted by atomic mass is 31.2. The largest absolute Gasteiger partial charge is 0.469 e. The predicted octanol–water partition coefficient (Wildman–Crippen LogP) is 1.26. The zero-order valence-electron chi connectivity index (χ0n) is 11.8. The second-order valence-corrected chi connectivity index (χ2v) is 4.82. The number of rotatable bonds is 11. The molecule has 0 aromatic heterocycles. The summed E-state index contributed by atoms with van der Waals surface area (Å²) in [6.45, 7) is 9.70. The molecule has 0 spiro atoms. The van der Waals surface area contributed by atoms with Crippen LogP contribution < -0.4 is 0 Å². The molecule has 8 heteroatoms. The van der Waals surface area contributed by atoms with E-state index in [0.717, 1.165) is 6.42 Å². The molecule has 0 fully saturated rings. The van der Waals surface area contributed by atoms with E-state index < -0.39 is 13.9 Å². The van der Waals surface area contributed by atoms with Gasteiger partial charge in [0, 0.05) is 6.61 Å². The number of aliphatic hydroxyl groups is 1. The molecule has 20 heavy (non-hydrogen) atoms. The lowest BCUT2D eigenvalue weighted by Crippen LogP contribution is -2.25. The van der Waals surface area contributed by atoms with Gasteiger partial charge in [-0.25, -0.2) is 4.57 Å². The van der Waals surface area contributed by atoms with Crippen molar-refractivity contribution in [1.29, 1.82) is 0 Å². The normalized spacial score (nSPS) is 12.2. The minimum Gasteiger partial charge on any atom is -0.396 e. The topological polar surface area (TPSA) is 105 Å². The van der Waals surface area contributed by atoms with Gasteiger partial charge >= 0.3 is 7.82 Å². The van der Waals surface area contributed by atoms with Crippen molar-refractivity contribution in [3.8, 4) is 0 Å². The molecule has 0 bridgehead atoms. The lowest BCUT2D eigenvalue weighted by Gasteiger charge is -2.17. The van der Waals surface area contributed by atoms with Crippen molar-refractivity contribution >= 4 is 7.82 Å². The van der Waals surface area contributed by atoms with Crippen LogP contribution in [0.25, 0.3) is 0 Å². The first kappa shape index (κ1) is 21.8. The predicted molar refractivity (Wildman–Crippen MR) is 76.3 cm³/mol. The van der Waals surface area contributed by atoms with Crippen LogP contribution in [0.3, 0.4) is 0 Å². The average molecular weight is 312 g/mol. The van der Waals surface area contributed by atoms with Gasteiger partial charge in [0.1, 0.15) is 6.10 Å². The minimum atomic E-state index is -4.47. The van der Waals surface area contributed by atoms with Crippen LogP contribution in [-0.4, -0.2) is 54.0 Å². The summed E-state index contributed by atoms with van der Waals surface area (Å²) in [4.78, 5) is 17.0. The standard InChI is InChI=1S/C9H17O6P.C3H8O/c1-3-5-13-7-9(14-6-4-2)8-15-16(10,11)12;1-2-3-4/h3-4,9H,1-2,5-8H2,(H2,10,11,12);4H,2-3H2,1H3. The van der Waals surface area contributed by atoms with Gasteiger partial charge in [-0.15, -0.1) is 13.2 Å². The molecule has 7 nitrogen and oxygen atoms in total. The van der Waals surface area contributed by atoms with Crippen LogP contribution in [0.5, 0.6) is 0 Å². The molecule has 0 aliphatic heterocycles. The van der Waals surface area contributed by atoms with Crippen LogP contribution in [0.1, 0.15) is 13.3 Å². The van der Waals surface area contributed by atoms with Gasteiger partial charge in [0.2, 0.25) is 0 Å². The third-order valence-electron chi connectivity index (χ3n) is 1.64. The van der Waals surface area contributed by atoms with Gasteiger partial charge in [-0.2, -0.15) is 0 Å². The monoisotopic (exact) mass is 312 g/mol. The van der Waals surface area contributed by atoms with Crippen LogP contribution in [-0.2, 0) is 18.6 Å². The van der Waals surface area contributed by atoms with Gasteiger partial charge in [-0.3, -0.25) is 4.52 Å². The molecule has 0 saturated heterocycles. The van der Waals surface area contributed by atoms with E-state index in [1.165, 1.54) is 6.08 Å².